The molecule has 0 radical (unpaired) electrons. The minimum Gasteiger partial charge on any atom is -0.406 e. The van der Waals surface area contributed by atoms with E-state index >= 15 is 0 Å². The van der Waals surface area contributed by atoms with Crippen molar-refractivity contribution in [3.05, 3.63) is 82.9 Å². The van der Waals surface area contributed by atoms with Gasteiger partial charge in [-0.05, 0) is 61.9 Å². The molecule has 3 amide bonds. The van der Waals surface area contributed by atoms with Crippen molar-refractivity contribution in [1.29, 1.82) is 0 Å². The number of alkyl halides is 3. The maximum Gasteiger partial charge on any atom is 0.573 e. The summed E-state index contributed by atoms with van der Waals surface area (Å²) in [7, 11) is 1.44. The number of aromatic nitrogens is 1. The number of ether oxygens (including phenoxy) is 1. The number of halogens is 5. The minimum atomic E-state index is -4.84. The molecule has 2 aromatic carbocycles. The number of rotatable bonds is 8. The Labute approximate surface area is 249 Å². The van der Waals surface area contributed by atoms with Crippen molar-refractivity contribution in [2.24, 2.45) is 0 Å². The lowest BCUT2D eigenvalue weighted by Crippen LogP contribution is -2.60. The highest BCUT2D eigenvalue weighted by atomic mass is 35.5. The number of hydrogen-bond donors (Lipinski definition) is 2. The Morgan fingerprint density at radius 1 is 1.07 bits per heavy atom. The number of carbonyl (C=O) groups excluding carboxylic acids is 3. The molecule has 1 aliphatic rings. The largest absolute Gasteiger partial charge is 0.573 e. The van der Waals surface area contributed by atoms with Gasteiger partial charge in [-0.15, -0.1) is 13.2 Å². The molecular formula is C29H28ClF4N5O4. The zero-order valence-electron chi connectivity index (χ0n) is 23.3. The zero-order chi connectivity index (χ0) is 31.5. The van der Waals surface area contributed by atoms with Gasteiger partial charge in [-0.25, -0.2) is 9.37 Å². The number of likely N-dealkylation sites (N-methyl/N-ethyl adjacent to an activating group) is 1. The van der Waals surface area contributed by atoms with E-state index in [1.54, 1.807) is 23.1 Å². The number of amides is 3. The third-order valence-corrected chi connectivity index (χ3v) is 6.85. The second-order valence-corrected chi connectivity index (χ2v) is 10.8. The fourth-order valence-corrected chi connectivity index (χ4v) is 4.74. The van der Waals surface area contributed by atoms with Gasteiger partial charge in [0.15, 0.2) is 0 Å². The number of carbonyl (C=O) groups is 3. The predicted octanol–water partition coefficient (Wildman–Crippen LogP) is 4.38. The Balaban J connectivity index is 1.53. The number of nitrogens with one attached hydrogen (secondary N) is 2. The third-order valence-electron chi connectivity index (χ3n) is 6.64. The number of fused-ring (bicyclic) bond motifs is 1. The summed E-state index contributed by atoms with van der Waals surface area (Å²) >= 11 is 5.88. The van der Waals surface area contributed by atoms with E-state index in [9.17, 15) is 31.9 Å². The van der Waals surface area contributed by atoms with Crippen molar-refractivity contribution >= 4 is 40.7 Å². The highest BCUT2D eigenvalue weighted by Crippen LogP contribution is 2.34. The average molecular weight is 622 g/mol. The first-order valence-corrected chi connectivity index (χ1v) is 13.4. The number of benzene rings is 2. The van der Waals surface area contributed by atoms with Gasteiger partial charge < -0.3 is 25.2 Å². The topological polar surface area (TPSA) is 104 Å². The van der Waals surface area contributed by atoms with Gasteiger partial charge in [0, 0.05) is 20.1 Å². The number of nitrogens with zero attached hydrogens (tertiary/aromatic N) is 3. The van der Waals surface area contributed by atoms with Gasteiger partial charge in [0.05, 0.1) is 23.5 Å². The Bertz CT molecular complexity index is 1520. The molecule has 9 nitrogen and oxygen atoms in total. The summed E-state index contributed by atoms with van der Waals surface area (Å²) < 4.78 is 55.9. The molecule has 0 unspecified atom stereocenters. The van der Waals surface area contributed by atoms with Gasteiger partial charge in [-0.2, -0.15) is 0 Å². The van der Waals surface area contributed by atoms with Crippen LogP contribution in [0.2, 0.25) is 5.15 Å². The van der Waals surface area contributed by atoms with E-state index in [2.05, 4.69) is 20.4 Å². The second kappa shape index (κ2) is 12.5. The molecule has 1 aliphatic heterocycles. The SMILES string of the molecule is CN1C(=O)[C@H](NC(=O)C(C)(C)NC(=O)Cc2cccc(Cl)n2)CN(Cc2ccc(OC(F)(F)F)cc2)c2ccc(F)cc21. The van der Waals surface area contributed by atoms with Crippen LogP contribution in [0.5, 0.6) is 5.75 Å². The summed E-state index contributed by atoms with van der Waals surface area (Å²) in [6.07, 6.45) is -4.98. The van der Waals surface area contributed by atoms with Gasteiger partial charge in [0.25, 0.3) is 5.91 Å². The minimum absolute atomic E-state index is 0.0647. The average Bonchev–Trinajstić information content (AvgIpc) is 2.99. The van der Waals surface area contributed by atoms with E-state index in [0.29, 0.717) is 16.9 Å². The van der Waals surface area contributed by atoms with Crippen molar-refractivity contribution in [3.8, 4) is 5.75 Å². The lowest BCUT2D eigenvalue weighted by Gasteiger charge is -2.30. The second-order valence-electron chi connectivity index (χ2n) is 10.4. The van der Waals surface area contributed by atoms with Crippen LogP contribution in [0.25, 0.3) is 0 Å². The maximum absolute atomic E-state index is 14.2. The fraction of sp³-hybridized carbons (Fsp3) is 0.310. The van der Waals surface area contributed by atoms with Crippen molar-refractivity contribution in [2.75, 3.05) is 23.4 Å². The zero-order valence-corrected chi connectivity index (χ0v) is 24.1. The van der Waals surface area contributed by atoms with Crippen LogP contribution in [-0.4, -0.2) is 54.2 Å². The predicted molar refractivity (Wildman–Crippen MR) is 151 cm³/mol. The van der Waals surface area contributed by atoms with Crippen LogP contribution in [-0.2, 0) is 27.3 Å². The molecule has 0 spiro atoms. The summed E-state index contributed by atoms with van der Waals surface area (Å²) in [5.41, 5.74) is 0.222. The van der Waals surface area contributed by atoms with E-state index in [0.717, 1.165) is 12.1 Å². The highest BCUT2D eigenvalue weighted by molar-refractivity contribution is 6.29. The molecule has 0 saturated heterocycles. The van der Waals surface area contributed by atoms with Crippen molar-refractivity contribution in [3.63, 3.8) is 0 Å². The van der Waals surface area contributed by atoms with Crippen LogP contribution in [0, 0.1) is 5.82 Å². The first-order valence-electron chi connectivity index (χ1n) is 13.0. The van der Waals surface area contributed by atoms with Crippen LogP contribution < -0.4 is 25.2 Å². The summed E-state index contributed by atoms with van der Waals surface area (Å²) in [5, 5.41) is 5.55. The van der Waals surface area contributed by atoms with Gasteiger partial charge in [-0.1, -0.05) is 29.8 Å². The smallest absolute Gasteiger partial charge is 0.406 e. The molecule has 0 bridgehead atoms. The summed E-state index contributed by atoms with van der Waals surface area (Å²) in [5.74, 6) is -2.68. The molecule has 0 saturated carbocycles. The standard InChI is InChI=1S/C29H28ClF4N5O4/c1-28(2,37-25(40)14-19-5-4-6-24(30)35-19)27(42)36-21-16-39(15-17-7-10-20(11-8-17)43-29(32,33)34)22-12-9-18(31)13-23(22)38(3)26(21)41/h4-13,21H,14-16H2,1-3H3,(H,36,42)(H,37,40)/t21-/m1/s1. The molecule has 0 aliphatic carbocycles. The van der Waals surface area contributed by atoms with Crippen LogP contribution in [0.3, 0.4) is 0 Å². The van der Waals surface area contributed by atoms with E-state index in [-0.39, 0.29) is 30.4 Å². The first kappa shape index (κ1) is 31.5. The molecule has 1 atom stereocenters. The van der Waals surface area contributed by atoms with E-state index in [1.807, 2.05) is 0 Å². The quantitative estimate of drug-likeness (QED) is 0.286. The van der Waals surface area contributed by atoms with Gasteiger partial charge in [0.1, 0.15) is 28.3 Å². The van der Waals surface area contributed by atoms with E-state index < -0.39 is 47.2 Å². The Hall–Kier alpha value is -4.39. The summed E-state index contributed by atoms with van der Waals surface area (Å²) in [4.78, 5) is 46.5. The van der Waals surface area contributed by atoms with Gasteiger partial charge in [0.2, 0.25) is 11.8 Å². The summed E-state index contributed by atoms with van der Waals surface area (Å²) in [6.45, 7) is 2.99. The van der Waals surface area contributed by atoms with Crippen molar-refractivity contribution in [1.82, 2.24) is 15.6 Å². The molecular weight excluding hydrogens is 594 g/mol. The van der Waals surface area contributed by atoms with Gasteiger partial charge >= 0.3 is 6.36 Å². The Morgan fingerprint density at radius 3 is 2.42 bits per heavy atom. The molecule has 4 rings (SSSR count). The molecule has 43 heavy (non-hydrogen) atoms. The molecule has 228 valence electrons. The first-order chi connectivity index (χ1) is 20.1. The van der Waals surface area contributed by atoms with Crippen LogP contribution >= 0.6 is 11.6 Å². The molecule has 3 aromatic rings. The molecule has 1 aromatic heterocycles. The molecule has 2 N–H and O–H groups in total. The lowest BCUT2D eigenvalue weighted by atomic mass is 10.0. The normalized spacial score (nSPS) is 15.4. The third kappa shape index (κ3) is 8.13. The van der Waals surface area contributed by atoms with E-state index in [1.165, 1.54) is 56.1 Å². The fourth-order valence-electron chi connectivity index (χ4n) is 4.56. The van der Waals surface area contributed by atoms with Gasteiger partial charge in [-0.3, -0.25) is 14.4 Å². The highest BCUT2D eigenvalue weighted by Gasteiger charge is 2.37. The molecule has 0 fully saturated rings. The van der Waals surface area contributed by atoms with E-state index in [4.69, 9.17) is 11.6 Å². The molecule has 2 heterocycles. The Morgan fingerprint density at radius 2 is 1.77 bits per heavy atom. The van der Waals surface area contributed by atoms with Crippen LogP contribution in [0.15, 0.2) is 60.7 Å². The monoisotopic (exact) mass is 621 g/mol. The number of anilines is 2. The van der Waals surface area contributed by atoms with Crippen molar-refractivity contribution in [2.45, 2.75) is 44.8 Å². The lowest BCUT2D eigenvalue weighted by molar-refractivity contribution is -0.274. The summed E-state index contributed by atoms with van der Waals surface area (Å²) in [6, 6.07) is 12.8. The number of hydrogen-bond acceptors (Lipinski definition) is 6. The van der Waals surface area contributed by atoms with Crippen LogP contribution in [0.4, 0.5) is 28.9 Å². The number of pyridine rings is 1. The maximum atomic E-state index is 14.2. The Kier molecular flexibility index (Phi) is 9.14. The van der Waals surface area contributed by atoms with Crippen LogP contribution in [0.1, 0.15) is 25.1 Å². The molecule has 14 heteroatoms. The van der Waals surface area contributed by atoms with Crippen molar-refractivity contribution < 1.29 is 36.7 Å².